The molecule has 0 aromatic heterocycles. The van der Waals surface area contributed by atoms with Gasteiger partial charge in [0.25, 0.3) is 0 Å². The number of amides is 1. The molecule has 1 aromatic rings. The van der Waals surface area contributed by atoms with Gasteiger partial charge in [0.05, 0.1) is 5.69 Å². The maximum Gasteiger partial charge on any atom is 0.246 e. The van der Waals surface area contributed by atoms with E-state index < -0.39 is 6.04 Å². The molecule has 0 spiro atoms. The van der Waals surface area contributed by atoms with Crippen LogP contribution < -0.4 is 10.6 Å². The van der Waals surface area contributed by atoms with Gasteiger partial charge >= 0.3 is 0 Å². The van der Waals surface area contributed by atoms with Crippen LogP contribution in [0.5, 0.6) is 0 Å². The van der Waals surface area contributed by atoms with Crippen molar-refractivity contribution in [2.45, 2.75) is 32.2 Å². The van der Waals surface area contributed by atoms with E-state index in [1.165, 1.54) is 25.3 Å². The van der Waals surface area contributed by atoms with Crippen LogP contribution in [0.4, 0.5) is 10.1 Å². The van der Waals surface area contributed by atoms with E-state index in [0.717, 1.165) is 17.7 Å². The van der Waals surface area contributed by atoms with Crippen molar-refractivity contribution in [2.75, 3.05) is 11.9 Å². The first kappa shape index (κ1) is 11.7. The second-order valence-electron chi connectivity index (χ2n) is 5.34. The highest BCUT2D eigenvalue weighted by atomic mass is 19.1. The maximum atomic E-state index is 13.7. The van der Waals surface area contributed by atoms with E-state index in [-0.39, 0.29) is 11.7 Å². The molecule has 1 atom stereocenters. The third-order valence-corrected chi connectivity index (χ3v) is 3.92. The summed E-state index contributed by atoms with van der Waals surface area (Å²) < 4.78 is 13.7. The summed E-state index contributed by atoms with van der Waals surface area (Å²) in [6, 6.07) is 2.94. The van der Waals surface area contributed by atoms with Gasteiger partial charge in [-0.05, 0) is 43.9 Å². The maximum absolute atomic E-state index is 13.7. The zero-order chi connectivity index (χ0) is 12.7. The highest BCUT2D eigenvalue weighted by Crippen LogP contribution is 2.34. The number of hydrogen-bond donors (Lipinski definition) is 2. The van der Waals surface area contributed by atoms with Crippen molar-refractivity contribution in [3.8, 4) is 0 Å². The van der Waals surface area contributed by atoms with Gasteiger partial charge in [-0.1, -0.05) is 12.5 Å². The van der Waals surface area contributed by atoms with Gasteiger partial charge in [0.1, 0.15) is 11.9 Å². The van der Waals surface area contributed by atoms with Gasteiger partial charge in [0.2, 0.25) is 5.91 Å². The van der Waals surface area contributed by atoms with E-state index in [4.69, 9.17) is 0 Å². The summed E-state index contributed by atoms with van der Waals surface area (Å²) in [5, 5.41) is 5.89. The SMILES string of the molecule is Cc1cc(F)c2c(c1)C(NCC1CCC1)C(=O)N2. The lowest BCUT2D eigenvalue weighted by molar-refractivity contribution is -0.117. The fourth-order valence-electron chi connectivity index (χ4n) is 2.65. The second kappa shape index (κ2) is 4.35. The molecule has 1 aliphatic carbocycles. The van der Waals surface area contributed by atoms with Gasteiger partial charge in [0, 0.05) is 5.56 Å². The van der Waals surface area contributed by atoms with E-state index in [1.54, 1.807) is 0 Å². The van der Waals surface area contributed by atoms with Crippen molar-refractivity contribution in [1.82, 2.24) is 5.32 Å². The molecule has 2 aliphatic rings. The van der Waals surface area contributed by atoms with Gasteiger partial charge in [-0.15, -0.1) is 0 Å². The molecule has 1 aliphatic heterocycles. The zero-order valence-corrected chi connectivity index (χ0v) is 10.4. The number of rotatable bonds is 3. The molecule has 4 heteroatoms. The average molecular weight is 248 g/mol. The lowest BCUT2D eigenvalue weighted by Crippen LogP contribution is -2.33. The molecular formula is C14H17FN2O. The highest BCUT2D eigenvalue weighted by molar-refractivity contribution is 6.02. The van der Waals surface area contributed by atoms with Crippen LogP contribution in [-0.4, -0.2) is 12.5 Å². The Hall–Kier alpha value is -1.42. The Morgan fingerprint density at radius 1 is 1.44 bits per heavy atom. The molecule has 18 heavy (non-hydrogen) atoms. The third kappa shape index (κ3) is 1.90. The molecule has 0 bridgehead atoms. The molecule has 1 unspecified atom stereocenters. The normalized spacial score (nSPS) is 22.6. The van der Waals surface area contributed by atoms with Crippen LogP contribution in [0, 0.1) is 18.7 Å². The molecule has 1 aromatic carbocycles. The second-order valence-corrected chi connectivity index (χ2v) is 5.34. The molecule has 3 nitrogen and oxygen atoms in total. The van der Waals surface area contributed by atoms with E-state index >= 15 is 0 Å². The minimum Gasteiger partial charge on any atom is -0.322 e. The number of carbonyl (C=O) groups excluding carboxylic acids is 1. The molecule has 1 fully saturated rings. The van der Waals surface area contributed by atoms with Crippen LogP contribution in [0.1, 0.15) is 36.4 Å². The van der Waals surface area contributed by atoms with Crippen LogP contribution in [0.15, 0.2) is 12.1 Å². The Bertz CT molecular complexity index is 497. The number of anilines is 1. The van der Waals surface area contributed by atoms with Gasteiger partial charge in [-0.2, -0.15) is 0 Å². The third-order valence-electron chi connectivity index (χ3n) is 3.92. The van der Waals surface area contributed by atoms with Crippen LogP contribution in [0.3, 0.4) is 0 Å². The molecule has 2 N–H and O–H groups in total. The van der Waals surface area contributed by atoms with Crippen molar-refractivity contribution in [1.29, 1.82) is 0 Å². The van der Waals surface area contributed by atoms with Crippen molar-refractivity contribution in [3.63, 3.8) is 0 Å². The predicted molar refractivity (Wildman–Crippen MR) is 67.9 cm³/mol. The van der Waals surface area contributed by atoms with E-state index in [9.17, 15) is 9.18 Å². The number of hydrogen-bond acceptors (Lipinski definition) is 2. The van der Waals surface area contributed by atoms with E-state index in [2.05, 4.69) is 10.6 Å². The van der Waals surface area contributed by atoms with Crippen molar-refractivity contribution in [2.24, 2.45) is 5.92 Å². The summed E-state index contributed by atoms with van der Waals surface area (Å²) in [7, 11) is 0. The van der Waals surface area contributed by atoms with Crippen molar-refractivity contribution in [3.05, 3.63) is 29.1 Å². The average Bonchev–Trinajstić information content (AvgIpc) is 2.54. The molecular weight excluding hydrogens is 231 g/mol. The molecule has 3 rings (SSSR count). The number of carbonyl (C=O) groups is 1. The number of fused-ring (bicyclic) bond motifs is 1. The summed E-state index contributed by atoms with van der Waals surface area (Å²) in [6.07, 6.45) is 3.75. The summed E-state index contributed by atoms with van der Waals surface area (Å²) >= 11 is 0. The Morgan fingerprint density at radius 2 is 2.22 bits per heavy atom. The number of aryl methyl sites for hydroxylation is 1. The molecule has 1 saturated carbocycles. The number of halogens is 1. The first-order valence-electron chi connectivity index (χ1n) is 6.49. The quantitative estimate of drug-likeness (QED) is 0.863. The Labute approximate surface area is 106 Å². The topological polar surface area (TPSA) is 41.1 Å². The van der Waals surface area contributed by atoms with E-state index in [0.29, 0.717) is 11.6 Å². The smallest absolute Gasteiger partial charge is 0.246 e. The fourth-order valence-corrected chi connectivity index (χ4v) is 2.65. The molecule has 1 heterocycles. The van der Waals surface area contributed by atoms with Gasteiger partial charge < -0.3 is 10.6 Å². The summed E-state index contributed by atoms with van der Waals surface area (Å²) in [5.74, 6) is 0.191. The predicted octanol–water partition coefficient (Wildman–Crippen LogP) is 2.52. The number of benzene rings is 1. The first-order valence-corrected chi connectivity index (χ1v) is 6.49. The Kier molecular flexibility index (Phi) is 2.82. The van der Waals surface area contributed by atoms with Crippen LogP contribution in [0.2, 0.25) is 0 Å². The largest absolute Gasteiger partial charge is 0.322 e. The van der Waals surface area contributed by atoms with Crippen LogP contribution in [0.25, 0.3) is 0 Å². The van der Waals surface area contributed by atoms with Gasteiger partial charge in [-0.25, -0.2) is 4.39 Å². The van der Waals surface area contributed by atoms with Crippen molar-refractivity contribution >= 4 is 11.6 Å². The first-order chi connectivity index (χ1) is 8.65. The minimum atomic E-state index is -0.394. The Balaban J connectivity index is 1.81. The molecule has 96 valence electrons. The lowest BCUT2D eigenvalue weighted by Gasteiger charge is -2.26. The highest BCUT2D eigenvalue weighted by Gasteiger charge is 2.33. The van der Waals surface area contributed by atoms with Crippen molar-refractivity contribution < 1.29 is 9.18 Å². The molecule has 1 amide bonds. The minimum absolute atomic E-state index is 0.145. The molecule has 0 saturated heterocycles. The lowest BCUT2D eigenvalue weighted by atomic mass is 9.85. The zero-order valence-electron chi connectivity index (χ0n) is 10.4. The fraction of sp³-hybridized carbons (Fsp3) is 0.500. The Morgan fingerprint density at radius 3 is 2.89 bits per heavy atom. The molecule has 0 radical (unpaired) electrons. The van der Waals surface area contributed by atoms with Crippen LogP contribution >= 0.6 is 0 Å². The standard InChI is InChI=1S/C14H17FN2O/c1-8-5-10-12(11(15)6-8)17-14(18)13(10)16-7-9-3-2-4-9/h5-6,9,13,16H,2-4,7H2,1H3,(H,17,18). The monoisotopic (exact) mass is 248 g/mol. The summed E-state index contributed by atoms with van der Waals surface area (Å²) in [4.78, 5) is 11.9. The summed E-state index contributed by atoms with van der Waals surface area (Å²) in [6.45, 7) is 2.68. The summed E-state index contributed by atoms with van der Waals surface area (Å²) in [5.41, 5.74) is 1.94. The van der Waals surface area contributed by atoms with Gasteiger partial charge in [0.15, 0.2) is 0 Å². The van der Waals surface area contributed by atoms with E-state index in [1.807, 2.05) is 13.0 Å². The number of nitrogens with one attached hydrogen (secondary N) is 2. The van der Waals surface area contributed by atoms with Gasteiger partial charge in [-0.3, -0.25) is 4.79 Å². The van der Waals surface area contributed by atoms with Crippen LogP contribution in [-0.2, 0) is 4.79 Å².